The van der Waals surface area contributed by atoms with E-state index in [1.54, 1.807) is 31.3 Å². The van der Waals surface area contributed by atoms with E-state index >= 15 is 0 Å². The summed E-state index contributed by atoms with van der Waals surface area (Å²) in [5.41, 5.74) is 0.253. The van der Waals surface area contributed by atoms with Gasteiger partial charge in [0.25, 0.3) is 0 Å². The molecule has 152 valence electrons. The molecule has 0 bridgehead atoms. The van der Waals surface area contributed by atoms with Crippen LogP contribution in [0.15, 0.2) is 40.2 Å². The summed E-state index contributed by atoms with van der Waals surface area (Å²) in [6.45, 7) is 4.73. The molecular formula is C20H33N3O3S. The van der Waals surface area contributed by atoms with Crippen molar-refractivity contribution in [3.05, 3.63) is 30.3 Å². The van der Waals surface area contributed by atoms with Gasteiger partial charge in [-0.05, 0) is 43.7 Å². The average Bonchev–Trinajstić information content (AvgIpc) is 3.14. The maximum atomic E-state index is 12.4. The lowest BCUT2D eigenvalue weighted by Crippen LogP contribution is -2.44. The molecule has 1 aromatic rings. The Morgan fingerprint density at radius 3 is 2.52 bits per heavy atom. The number of hydrogen-bond donors (Lipinski definition) is 2. The van der Waals surface area contributed by atoms with E-state index in [9.17, 15) is 8.42 Å². The second-order valence-electron chi connectivity index (χ2n) is 7.14. The molecule has 2 N–H and O–H groups in total. The summed E-state index contributed by atoms with van der Waals surface area (Å²) < 4.78 is 30.3. The van der Waals surface area contributed by atoms with Gasteiger partial charge in [-0.15, -0.1) is 0 Å². The summed E-state index contributed by atoms with van der Waals surface area (Å²) in [5, 5.41) is 6.53. The molecule has 0 heterocycles. The maximum Gasteiger partial charge on any atom is 0.191 e. The zero-order chi connectivity index (χ0) is 19.6. The number of benzene rings is 1. The van der Waals surface area contributed by atoms with Crippen molar-refractivity contribution in [3.8, 4) is 0 Å². The fourth-order valence-corrected chi connectivity index (χ4v) is 4.79. The van der Waals surface area contributed by atoms with Gasteiger partial charge in [0, 0.05) is 33.4 Å². The lowest BCUT2D eigenvalue weighted by atomic mass is 9.83. The smallest absolute Gasteiger partial charge is 0.191 e. The van der Waals surface area contributed by atoms with Crippen LogP contribution in [0.2, 0.25) is 0 Å². The molecular weight excluding hydrogens is 362 g/mol. The Balaban J connectivity index is 1.81. The predicted molar refractivity (Wildman–Crippen MR) is 110 cm³/mol. The van der Waals surface area contributed by atoms with Gasteiger partial charge in [0.1, 0.15) is 0 Å². The molecule has 2 rings (SSSR count). The molecule has 6 nitrogen and oxygen atoms in total. The third kappa shape index (κ3) is 6.81. The highest BCUT2D eigenvalue weighted by molar-refractivity contribution is 7.91. The minimum Gasteiger partial charge on any atom is -0.382 e. The van der Waals surface area contributed by atoms with E-state index in [1.165, 1.54) is 25.7 Å². The molecule has 0 atom stereocenters. The van der Waals surface area contributed by atoms with E-state index in [4.69, 9.17) is 4.74 Å². The van der Waals surface area contributed by atoms with E-state index in [2.05, 4.69) is 15.6 Å². The van der Waals surface area contributed by atoms with Crippen LogP contribution in [0.4, 0.5) is 0 Å². The molecule has 0 radical (unpaired) electrons. The molecule has 27 heavy (non-hydrogen) atoms. The molecule has 1 saturated carbocycles. The van der Waals surface area contributed by atoms with Crippen molar-refractivity contribution < 1.29 is 13.2 Å². The highest BCUT2D eigenvalue weighted by Gasteiger charge is 2.33. The minimum atomic E-state index is -3.28. The van der Waals surface area contributed by atoms with Gasteiger partial charge in [0.05, 0.1) is 10.6 Å². The fraction of sp³-hybridized carbons (Fsp3) is 0.650. The largest absolute Gasteiger partial charge is 0.382 e. The molecule has 0 spiro atoms. The highest BCUT2D eigenvalue weighted by atomic mass is 32.2. The Bertz CT molecular complexity index is 684. The third-order valence-electron chi connectivity index (χ3n) is 5.27. The van der Waals surface area contributed by atoms with Crippen molar-refractivity contribution in [2.45, 2.75) is 43.9 Å². The predicted octanol–water partition coefficient (Wildman–Crippen LogP) is 2.61. The summed E-state index contributed by atoms with van der Waals surface area (Å²) in [6.07, 6.45) is 5.97. The van der Waals surface area contributed by atoms with Crippen LogP contribution in [-0.4, -0.2) is 53.5 Å². The Labute approximate surface area is 163 Å². The van der Waals surface area contributed by atoms with Crippen molar-refractivity contribution in [1.82, 2.24) is 10.6 Å². The Kier molecular flexibility index (Phi) is 8.57. The van der Waals surface area contributed by atoms with Crippen LogP contribution in [0.25, 0.3) is 0 Å². The van der Waals surface area contributed by atoms with Crippen LogP contribution in [0, 0.1) is 5.41 Å². The number of hydrogen-bond acceptors (Lipinski definition) is 4. The van der Waals surface area contributed by atoms with Crippen LogP contribution in [-0.2, 0) is 14.6 Å². The first-order valence-corrected chi connectivity index (χ1v) is 11.5. The molecule has 1 fully saturated rings. The van der Waals surface area contributed by atoms with E-state index < -0.39 is 9.84 Å². The van der Waals surface area contributed by atoms with E-state index in [0.29, 0.717) is 17.4 Å². The fourth-order valence-electron chi connectivity index (χ4n) is 3.61. The standard InChI is InChI=1S/C20H33N3O3S/c1-3-26-15-13-20(11-7-8-12-20)17-23-19(21-2)22-14-16-27(24,25)18-9-5-4-6-10-18/h4-6,9-10H,3,7-8,11-17H2,1-2H3,(H2,21,22,23). The topological polar surface area (TPSA) is 79.8 Å². The Morgan fingerprint density at radius 2 is 1.89 bits per heavy atom. The Hall–Kier alpha value is -1.60. The van der Waals surface area contributed by atoms with Gasteiger partial charge in [0.15, 0.2) is 15.8 Å². The molecule has 1 aliphatic carbocycles. The number of ether oxygens (including phenoxy) is 1. The van der Waals surface area contributed by atoms with Gasteiger partial charge in [-0.3, -0.25) is 4.99 Å². The summed E-state index contributed by atoms with van der Waals surface area (Å²) in [4.78, 5) is 4.59. The molecule has 0 unspecified atom stereocenters. The average molecular weight is 396 g/mol. The highest BCUT2D eigenvalue weighted by Crippen LogP contribution is 2.40. The van der Waals surface area contributed by atoms with E-state index in [1.807, 2.05) is 13.0 Å². The third-order valence-corrected chi connectivity index (χ3v) is 7.00. The lowest BCUT2D eigenvalue weighted by molar-refractivity contribution is 0.105. The van der Waals surface area contributed by atoms with Crippen LogP contribution >= 0.6 is 0 Å². The number of nitrogens with zero attached hydrogens (tertiary/aromatic N) is 1. The van der Waals surface area contributed by atoms with Gasteiger partial charge in [-0.25, -0.2) is 8.42 Å². The van der Waals surface area contributed by atoms with Gasteiger partial charge in [0.2, 0.25) is 0 Å². The summed E-state index contributed by atoms with van der Waals surface area (Å²) in [7, 11) is -1.57. The van der Waals surface area contributed by atoms with Crippen molar-refractivity contribution in [2.24, 2.45) is 10.4 Å². The van der Waals surface area contributed by atoms with Crippen molar-refractivity contribution in [3.63, 3.8) is 0 Å². The molecule has 0 saturated heterocycles. The van der Waals surface area contributed by atoms with Gasteiger partial charge in [-0.1, -0.05) is 31.0 Å². The summed E-state index contributed by atoms with van der Waals surface area (Å²) in [6, 6.07) is 8.55. The first-order valence-electron chi connectivity index (χ1n) is 9.81. The van der Waals surface area contributed by atoms with Crippen LogP contribution in [0.5, 0.6) is 0 Å². The molecule has 0 aliphatic heterocycles. The number of nitrogens with one attached hydrogen (secondary N) is 2. The zero-order valence-corrected chi connectivity index (χ0v) is 17.4. The number of guanidine groups is 1. The number of aliphatic imine (C=N–C) groups is 1. The maximum absolute atomic E-state index is 12.4. The van der Waals surface area contributed by atoms with Crippen molar-refractivity contribution in [2.75, 3.05) is 39.1 Å². The summed E-state index contributed by atoms with van der Waals surface area (Å²) >= 11 is 0. The SMILES string of the molecule is CCOCCC1(CNC(=NC)NCCS(=O)(=O)c2ccccc2)CCCC1. The first-order chi connectivity index (χ1) is 13.0. The molecule has 1 aromatic carbocycles. The molecule has 0 amide bonds. The van der Waals surface area contributed by atoms with E-state index in [-0.39, 0.29) is 11.2 Å². The molecule has 7 heteroatoms. The van der Waals surface area contributed by atoms with Gasteiger partial charge in [-0.2, -0.15) is 0 Å². The normalized spacial score (nSPS) is 17.0. The van der Waals surface area contributed by atoms with E-state index in [0.717, 1.165) is 26.2 Å². The lowest BCUT2D eigenvalue weighted by Gasteiger charge is -2.30. The second kappa shape index (κ2) is 10.7. The van der Waals surface area contributed by atoms with Crippen molar-refractivity contribution >= 4 is 15.8 Å². The number of sulfone groups is 1. The molecule has 0 aromatic heterocycles. The second-order valence-corrected chi connectivity index (χ2v) is 9.25. The summed E-state index contributed by atoms with van der Waals surface area (Å²) in [5.74, 6) is 0.689. The monoisotopic (exact) mass is 395 g/mol. The quantitative estimate of drug-likeness (QED) is 0.362. The van der Waals surface area contributed by atoms with Crippen LogP contribution in [0.3, 0.4) is 0 Å². The minimum absolute atomic E-state index is 0.0349. The zero-order valence-electron chi connectivity index (χ0n) is 16.5. The van der Waals surface area contributed by atoms with Gasteiger partial charge < -0.3 is 15.4 Å². The van der Waals surface area contributed by atoms with Crippen LogP contribution < -0.4 is 10.6 Å². The first kappa shape index (κ1) is 21.7. The van der Waals surface area contributed by atoms with Crippen LogP contribution in [0.1, 0.15) is 39.0 Å². The Morgan fingerprint density at radius 1 is 1.19 bits per heavy atom. The number of rotatable bonds is 10. The van der Waals surface area contributed by atoms with Crippen molar-refractivity contribution in [1.29, 1.82) is 0 Å². The van der Waals surface area contributed by atoms with Gasteiger partial charge >= 0.3 is 0 Å². The molecule has 1 aliphatic rings.